The van der Waals surface area contributed by atoms with Crippen LogP contribution in [0.1, 0.15) is 51.0 Å². The Hall–Kier alpha value is -3.23. The Kier molecular flexibility index (Phi) is 7.05. The number of nitrogens with zero attached hydrogens (tertiary/aromatic N) is 4. The molecule has 3 amide bonds. The van der Waals surface area contributed by atoms with E-state index in [1.807, 2.05) is 24.3 Å². The van der Waals surface area contributed by atoms with Gasteiger partial charge in [-0.05, 0) is 49.3 Å². The van der Waals surface area contributed by atoms with Crippen molar-refractivity contribution in [1.29, 1.82) is 0 Å². The third-order valence-electron chi connectivity index (χ3n) is 6.21. The number of halogens is 1. The van der Waals surface area contributed by atoms with Gasteiger partial charge in [0.15, 0.2) is 5.82 Å². The number of amides is 3. The fraction of sp³-hybridized carbons (Fsp3) is 0.500. The molecule has 2 aromatic rings. The number of aromatic nitrogens is 2. The number of anilines is 1. The predicted molar refractivity (Wildman–Crippen MR) is 122 cm³/mol. The third kappa shape index (κ3) is 5.77. The molecule has 4 rings (SSSR count). The van der Waals surface area contributed by atoms with E-state index >= 15 is 0 Å². The summed E-state index contributed by atoms with van der Waals surface area (Å²) in [6.07, 6.45) is 5.12. The normalized spacial score (nSPS) is 20.9. The highest BCUT2D eigenvalue weighted by Crippen LogP contribution is 2.24. The molecule has 1 aliphatic carbocycles. The molecule has 2 heterocycles. The third-order valence-corrected chi connectivity index (χ3v) is 6.21. The summed E-state index contributed by atoms with van der Waals surface area (Å²) >= 11 is 0. The minimum Gasteiger partial charge on any atom is -0.460 e. The molecular weight excluding hydrogens is 425 g/mol. The lowest BCUT2D eigenvalue weighted by Crippen LogP contribution is -2.45. The van der Waals surface area contributed by atoms with Crippen LogP contribution in [0.3, 0.4) is 0 Å². The minimum atomic E-state index is -0.502. The van der Waals surface area contributed by atoms with Crippen LogP contribution in [0.5, 0.6) is 6.01 Å². The smallest absolute Gasteiger partial charge is 0.325 e. The van der Waals surface area contributed by atoms with E-state index in [4.69, 9.17) is 4.74 Å². The van der Waals surface area contributed by atoms with E-state index in [0.717, 1.165) is 43.8 Å². The standard InChI is InChI=1S/C24H30FN5O3/c1-16(2)17-3-7-20(8-4-17)30-12-11-29(24(30)32)15-22(31)28-19-5-9-21(10-6-19)33-23-26-13-18(25)14-27-23/h3-4,7-8,13-14,16,19,21H,5-6,9-12,15H2,1-2H3,(H,28,31). The van der Waals surface area contributed by atoms with E-state index < -0.39 is 5.82 Å². The maximum Gasteiger partial charge on any atom is 0.325 e. The van der Waals surface area contributed by atoms with Gasteiger partial charge in [0.05, 0.1) is 12.4 Å². The van der Waals surface area contributed by atoms with Crippen LogP contribution in [-0.4, -0.2) is 58.6 Å². The molecule has 8 nitrogen and oxygen atoms in total. The van der Waals surface area contributed by atoms with E-state index in [1.54, 1.807) is 9.80 Å². The summed E-state index contributed by atoms with van der Waals surface area (Å²) in [5, 5.41) is 3.04. The first-order chi connectivity index (χ1) is 15.9. The van der Waals surface area contributed by atoms with Crippen molar-refractivity contribution in [2.75, 3.05) is 24.5 Å². The number of carbonyl (C=O) groups excluding carboxylic acids is 2. The van der Waals surface area contributed by atoms with Crippen LogP contribution < -0.4 is 15.0 Å². The van der Waals surface area contributed by atoms with Gasteiger partial charge in [-0.3, -0.25) is 9.69 Å². The molecule has 9 heteroatoms. The van der Waals surface area contributed by atoms with Crippen molar-refractivity contribution in [3.05, 3.63) is 48.0 Å². The van der Waals surface area contributed by atoms with Gasteiger partial charge in [0, 0.05) is 24.8 Å². The van der Waals surface area contributed by atoms with Crippen LogP contribution in [0, 0.1) is 5.82 Å². The van der Waals surface area contributed by atoms with Gasteiger partial charge in [0.2, 0.25) is 5.91 Å². The Morgan fingerprint density at radius 1 is 1.12 bits per heavy atom. The van der Waals surface area contributed by atoms with Gasteiger partial charge in [-0.15, -0.1) is 0 Å². The van der Waals surface area contributed by atoms with Crippen LogP contribution >= 0.6 is 0 Å². The van der Waals surface area contributed by atoms with Crippen LogP contribution in [-0.2, 0) is 4.79 Å². The maximum absolute atomic E-state index is 12.9. The van der Waals surface area contributed by atoms with E-state index in [2.05, 4.69) is 29.1 Å². The first-order valence-corrected chi connectivity index (χ1v) is 11.5. The van der Waals surface area contributed by atoms with Crippen LogP contribution in [0.15, 0.2) is 36.7 Å². The second-order valence-corrected chi connectivity index (χ2v) is 8.94. The van der Waals surface area contributed by atoms with E-state index in [-0.39, 0.29) is 36.6 Å². The fourth-order valence-electron chi connectivity index (χ4n) is 4.29. The zero-order valence-corrected chi connectivity index (χ0v) is 19.0. The molecule has 0 radical (unpaired) electrons. The number of ether oxygens (including phenoxy) is 1. The Balaban J connectivity index is 1.21. The van der Waals surface area contributed by atoms with Crippen molar-refractivity contribution in [1.82, 2.24) is 20.2 Å². The number of hydrogen-bond acceptors (Lipinski definition) is 5. The van der Waals surface area contributed by atoms with Crippen molar-refractivity contribution < 1.29 is 18.7 Å². The molecule has 1 N–H and O–H groups in total. The monoisotopic (exact) mass is 455 g/mol. The van der Waals surface area contributed by atoms with Crippen molar-refractivity contribution >= 4 is 17.6 Å². The van der Waals surface area contributed by atoms with Gasteiger partial charge >= 0.3 is 12.0 Å². The molecule has 0 unspecified atom stereocenters. The Labute approximate surface area is 193 Å². The highest BCUT2D eigenvalue weighted by molar-refractivity contribution is 5.96. The average Bonchev–Trinajstić information content (AvgIpc) is 3.16. The lowest BCUT2D eigenvalue weighted by molar-refractivity contribution is -0.122. The van der Waals surface area contributed by atoms with Gasteiger partial charge in [0.1, 0.15) is 12.6 Å². The zero-order valence-electron chi connectivity index (χ0n) is 19.0. The molecule has 0 atom stereocenters. The molecule has 176 valence electrons. The summed E-state index contributed by atoms with van der Waals surface area (Å²) in [6, 6.07) is 8.10. The molecule has 1 saturated carbocycles. The van der Waals surface area contributed by atoms with Gasteiger partial charge in [0.25, 0.3) is 0 Å². The number of benzene rings is 1. The summed E-state index contributed by atoms with van der Waals surface area (Å²) in [5.74, 6) is -0.213. The van der Waals surface area contributed by atoms with Crippen molar-refractivity contribution in [2.24, 2.45) is 0 Å². The summed E-state index contributed by atoms with van der Waals surface area (Å²) in [5.41, 5.74) is 2.09. The van der Waals surface area contributed by atoms with Gasteiger partial charge in [-0.25, -0.2) is 19.2 Å². The molecule has 2 aliphatic rings. The Morgan fingerprint density at radius 3 is 2.42 bits per heavy atom. The molecule has 2 fully saturated rings. The number of rotatable bonds is 7. The first-order valence-electron chi connectivity index (χ1n) is 11.5. The average molecular weight is 456 g/mol. The molecular formula is C24H30FN5O3. The van der Waals surface area contributed by atoms with E-state index in [1.165, 1.54) is 5.56 Å². The Morgan fingerprint density at radius 2 is 1.79 bits per heavy atom. The summed E-state index contributed by atoms with van der Waals surface area (Å²) in [4.78, 5) is 36.3. The predicted octanol–water partition coefficient (Wildman–Crippen LogP) is 3.49. The number of carbonyl (C=O) groups is 2. The SMILES string of the molecule is CC(C)c1ccc(N2CCN(CC(=O)NC3CCC(Oc4ncc(F)cn4)CC3)C2=O)cc1. The number of nitrogens with one attached hydrogen (secondary N) is 1. The van der Waals surface area contributed by atoms with Crippen LogP contribution in [0.25, 0.3) is 0 Å². The quantitative estimate of drug-likeness (QED) is 0.691. The lowest BCUT2D eigenvalue weighted by atomic mass is 9.93. The lowest BCUT2D eigenvalue weighted by Gasteiger charge is -2.29. The molecule has 1 aromatic heterocycles. The zero-order chi connectivity index (χ0) is 23.4. The van der Waals surface area contributed by atoms with Crippen molar-refractivity contribution in [3.8, 4) is 6.01 Å². The highest BCUT2D eigenvalue weighted by Gasteiger charge is 2.32. The number of urea groups is 1. The van der Waals surface area contributed by atoms with E-state index in [0.29, 0.717) is 19.0 Å². The summed E-state index contributed by atoms with van der Waals surface area (Å²) in [6.45, 7) is 5.42. The van der Waals surface area contributed by atoms with Crippen molar-refractivity contribution in [2.45, 2.75) is 57.6 Å². The second-order valence-electron chi connectivity index (χ2n) is 8.94. The minimum absolute atomic E-state index is 0.0453. The van der Waals surface area contributed by atoms with Crippen LogP contribution in [0.2, 0.25) is 0 Å². The largest absolute Gasteiger partial charge is 0.460 e. The van der Waals surface area contributed by atoms with Gasteiger partial charge in [-0.2, -0.15) is 0 Å². The second kappa shape index (κ2) is 10.1. The van der Waals surface area contributed by atoms with Gasteiger partial charge < -0.3 is 15.0 Å². The van der Waals surface area contributed by atoms with Crippen LogP contribution in [0.4, 0.5) is 14.9 Å². The fourth-order valence-corrected chi connectivity index (χ4v) is 4.29. The van der Waals surface area contributed by atoms with E-state index in [9.17, 15) is 14.0 Å². The maximum atomic E-state index is 12.9. The summed E-state index contributed by atoms with van der Waals surface area (Å²) in [7, 11) is 0. The molecule has 0 spiro atoms. The topological polar surface area (TPSA) is 87.7 Å². The molecule has 1 aromatic carbocycles. The highest BCUT2D eigenvalue weighted by atomic mass is 19.1. The molecule has 1 saturated heterocycles. The summed E-state index contributed by atoms with van der Waals surface area (Å²) < 4.78 is 18.6. The molecule has 1 aliphatic heterocycles. The van der Waals surface area contributed by atoms with Crippen molar-refractivity contribution in [3.63, 3.8) is 0 Å². The van der Waals surface area contributed by atoms with Gasteiger partial charge in [-0.1, -0.05) is 26.0 Å². The molecule has 0 bridgehead atoms. The number of hydrogen-bond donors (Lipinski definition) is 1. The Bertz CT molecular complexity index is 959. The molecule has 33 heavy (non-hydrogen) atoms. The first kappa shape index (κ1) is 22.9.